The van der Waals surface area contributed by atoms with E-state index in [9.17, 15) is 4.79 Å². The third-order valence-electron chi connectivity index (χ3n) is 2.16. The second-order valence-electron chi connectivity index (χ2n) is 3.28. The van der Waals surface area contributed by atoms with E-state index in [-0.39, 0.29) is 5.41 Å². The van der Waals surface area contributed by atoms with Crippen molar-refractivity contribution < 1.29 is 4.79 Å². The van der Waals surface area contributed by atoms with E-state index in [0.717, 1.165) is 24.8 Å². The Morgan fingerprint density at radius 2 is 2.50 bits per heavy atom. The number of aldehydes is 1. The van der Waals surface area contributed by atoms with E-state index < -0.39 is 0 Å². The molecular formula is C9H13NOS. The molecule has 0 aliphatic carbocycles. The van der Waals surface area contributed by atoms with Crippen LogP contribution in [0.25, 0.3) is 0 Å². The average Bonchev–Trinajstić information content (AvgIpc) is 2.57. The highest BCUT2D eigenvalue weighted by atomic mass is 32.1. The van der Waals surface area contributed by atoms with Gasteiger partial charge in [0.25, 0.3) is 0 Å². The molecule has 0 radical (unpaired) electrons. The highest BCUT2D eigenvalue weighted by Gasteiger charge is 2.22. The first-order chi connectivity index (χ1) is 5.70. The lowest BCUT2D eigenvalue weighted by Gasteiger charge is -2.18. The van der Waals surface area contributed by atoms with Gasteiger partial charge in [0, 0.05) is 17.2 Å². The molecule has 1 unspecified atom stereocenters. The SMILES string of the molecule is CCC(C)(C=O)Cc1cscn1. The lowest BCUT2D eigenvalue weighted by Crippen LogP contribution is -2.20. The lowest BCUT2D eigenvalue weighted by molar-refractivity contribution is -0.115. The fraction of sp³-hybridized carbons (Fsp3) is 0.556. The molecule has 0 amide bonds. The maximum atomic E-state index is 10.8. The number of hydrogen-bond acceptors (Lipinski definition) is 3. The summed E-state index contributed by atoms with van der Waals surface area (Å²) in [6.45, 7) is 4.00. The van der Waals surface area contributed by atoms with Gasteiger partial charge in [-0.15, -0.1) is 11.3 Å². The van der Waals surface area contributed by atoms with Crippen molar-refractivity contribution in [3.8, 4) is 0 Å². The molecule has 0 saturated carbocycles. The van der Waals surface area contributed by atoms with Crippen molar-refractivity contribution >= 4 is 17.6 Å². The predicted octanol–water partition coefficient (Wildman–Crippen LogP) is 2.30. The molecule has 1 aromatic rings. The first kappa shape index (κ1) is 9.39. The van der Waals surface area contributed by atoms with Crippen LogP contribution in [-0.4, -0.2) is 11.3 Å². The summed E-state index contributed by atoms with van der Waals surface area (Å²) in [4.78, 5) is 14.9. The van der Waals surface area contributed by atoms with Crippen molar-refractivity contribution in [3.05, 3.63) is 16.6 Å². The third kappa shape index (κ3) is 2.14. The van der Waals surface area contributed by atoms with Crippen molar-refractivity contribution in [1.29, 1.82) is 0 Å². The van der Waals surface area contributed by atoms with Crippen molar-refractivity contribution in [1.82, 2.24) is 4.98 Å². The first-order valence-corrected chi connectivity index (χ1v) is 4.98. The Morgan fingerprint density at radius 1 is 1.75 bits per heavy atom. The van der Waals surface area contributed by atoms with Gasteiger partial charge in [0.1, 0.15) is 6.29 Å². The zero-order chi connectivity index (χ0) is 9.03. The molecule has 2 nitrogen and oxygen atoms in total. The molecule has 66 valence electrons. The maximum Gasteiger partial charge on any atom is 0.126 e. The number of carbonyl (C=O) groups excluding carboxylic acids is 1. The van der Waals surface area contributed by atoms with Crippen LogP contribution in [0, 0.1) is 5.41 Å². The molecule has 12 heavy (non-hydrogen) atoms. The Bertz CT molecular complexity index is 245. The van der Waals surface area contributed by atoms with E-state index in [1.807, 2.05) is 19.2 Å². The quantitative estimate of drug-likeness (QED) is 0.670. The standard InChI is InChI=1S/C9H13NOS/c1-3-9(2,6-11)4-8-5-12-7-10-8/h5-7H,3-4H2,1-2H3. The smallest absolute Gasteiger partial charge is 0.126 e. The zero-order valence-corrected chi connectivity index (χ0v) is 8.23. The second kappa shape index (κ2) is 3.81. The van der Waals surface area contributed by atoms with E-state index in [0.29, 0.717) is 0 Å². The molecule has 0 aliphatic heterocycles. The molecule has 0 aliphatic rings. The van der Waals surface area contributed by atoms with Crippen LogP contribution in [-0.2, 0) is 11.2 Å². The molecule has 0 bridgehead atoms. The summed E-state index contributed by atoms with van der Waals surface area (Å²) in [7, 11) is 0. The number of nitrogens with zero attached hydrogens (tertiary/aromatic N) is 1. The maximum absolute atomic E-state index is 10.8. The van der Waals surface area contributed by atoms with Crippen molar-refractivity contribution in [2.24, 2.45) is 5.41 Å². The topological polar surface area (TPSA) is 30.0 Å². The van der Waals surface area contributed by atoms with Crippen molar-refractivity contribution in [2.75, 3.05) is 0 Å². The zero-order valence-electron chi connectivity index (χ0n) is 7.41. The summed E-state index contributed by atoms with van der Waals surface area (Å²) in [6, 6.07) is 0. The minimum Gasteiger partial charge on any atom is -0.303 e. The number of rotatable bonds is 4. The molecule has 0 aromatic carbocycles. The van der Waals surface area contributed by atoms with Gasteiger partial charge in [-0.25, -0.2) is 4.98 Å². The largest absolute Gasteiger partial charge is 0.303 e. The molecule has 1 rings (SSSR count). The fourth-order valence-corrected chi connectivity index (χ4v) is 1.55. The van der Waals surface area contributed by atoms with Crippen LogP contribution >= 0.6 is 11.3 Å². The van der Waals surface area contributed by atoms with Gasteiger partial charge in [0.05, 0.1) is 11.2 Å². The van der Waals surface area contributed by atoms with E-state index in [4.69, 9.17) is 0 Å². The highest BCUT2D eigenvalue weighted by molar-refractivity contribution is 7.07. The van der Waals surface area contributed by atoms with Crippen LogP contribution in [0.15, 0.2) is 10.9 Å². The van der Waals surface area contributed by atoms with Crippen LogP contribution in [0.4, 0.5) is 0 Å². The minimum absolute atomic E-state index is 0.228. The summed E-state index contributed by atoms with van der Waals surface area (Å²) in [5.74, 6) is 0. The van der Waals surface area contributed by atoms with E-state index in [2.05, 4.69) is 4.98 Å². The Morgan fingerprint density at radius 3 is 2.92 bits per heavy atom. The van der Waals surface area contributed by atoms with Gasteiger partial charge in [0.15, 0.2) is 0 Å². The van der Waals surface area contributed by atoms with E-state index >= 15 is 0 Å². The fourth-order valence-electron chi connectivity index (χ4n) is 0.989. The molecule has 0 N–H and O–H groups in total. The van der Waals surface area contributed by atoms with Crippen LogP contribution in [0.3, 0.4) is 0 Å². The normalized spacial score (nSPS) is 15.5. The van der Waals surface area contributed by atoms with Crippen LogP contribution < -0.4 is 0 Å². The molecule has 1 aromatic heterocycles. The number of carbonyl (C=O) groups is 1. The summed E-state index contributed by atoms with van der Waals surface area (Å²) in [6.07, 6.45) is 2.66. The van der Waals surface area contributed by atoms with Gasteiger partial charge in [-0.1, -0.05) is 13.8 Å². The molecule has 0 fully saturated rings. The monoisotopic (exact) mass is 183 g/mol. The van der Waals surface area contributed by atoms with Crippen LogP contribution in [0.1, 0.15) is 26.0 Å². The van der Waals surface area contributed by atoms with Gasteiger partial charge in [-0.05, 0) is 6.42 Å². The first-order valence-electron chi connectivity index (χ1n) is 4.03. The molecular weight excluding hydrogens is 170 g/mol. The van der Waals surface area contributed by atoms with Gasteiger partial charge < -0.3 is 4.79 Å². The number of thiazole rings is 1. The lowest BCUT2D eigenvalue weighted by atomic mass is 9.85. The van der Waals surface area contributed by atoms with Gasteiger partial charge >= 0.3 is 0 Å². The van der Waals surface area contributed by atoms with Gasteiger partial charge in [-0.2, -0.15) is 0 Å². The summed E-state index contributed by atoms with van der Waals surface area (Å²) >= 11 is 1.57. The van der Waals surface area contributed by atoms with Crippen LogP contribution in [0.5, 0.6) is 0 Å². The van der Waals surface area contributed by atoms with Gasteiger partial charge in [-0.3, -0.25) is 0 Å². The molecule has 1 atom stereocenters. The Kier molecular flexibility index (Phi) is 2.98. The Labute approximate surface area is 76.6 Å². The van der Waals surface area contributed by atoms with Crippen molar-refractivity contribution in [2.45, 2.75) is 26.7 Å². The Balaban J connectivity index is 2.66. The predicted molar refractivity (Wildman–Crippen MR) is 50.3 cm³/mol. The molecule has 0 saturated heterocycles. The van der Waals surface area contributed by atoms with Crippen molar-refractivity contribution in [3.63, 3.8) is 0 Å². The third-order valence-corrected chi connectivity index (χ3v) is 2.80. The summed E-state index contributed by atoms with van der Waals surface area (Å²) in [5.41, 5.74) is 2.60. The Hall–Kier alpha value is -0.700. The number of hydrogen-bond donors (Lipinski definition) is 0. The summed E-state index contributed by atoms with van der Waals surface area (Å²) < 4.78 is 0. The van der Waals surface area contributed by atoms with E-state index in [1.165, 1.54) is 0 Å². The highest BCUT2D eigenvalue weighted by Crippen LogP contribution is 2.23. The molecule has 3 heteroatoms. The number of aromatic nitrogens is 1. The van der Waals surface area contributed by atoms with Gasteiger partial charge in [0.2, 0.25) is 0 Å². The van der Waals surface area contributed by atoms with Crippen LogP contribution in [0.2, 0.25) is 0 Å². The van der Waals surface area contributed by atoms with E-state index in [1.54, 1.807) is 16.8 Å². The molecule has 0 spiro atoms. The molecule has 1 heterocycles. The second-order valence-corrected chi connectivity index (χ2v) is 4.00. The minimum atomic E-state index is -0.228. The summed E-state index contributed by atoms with van der Waals surface area (Å²) in [5, 5.41) is 2.00. The average molecular weight is 183 g/mol.